The van der Waals surface area contributed by atoms with Gasteiger partial charge in [0.15, 0.2) is 12.4 Å². The Hall–Kier alpha value is -3.47. The van der Waals surface area contributed by atoms with Crippen molar-refractivity contribution in [1.29, 1.82) is 5.26 Å². The van der Waals surface area contributed by atoms with Crippen LogP contribution in [0.1, 0.15) is 37.8 Å². The lowest BCUT2D eigenvalue weighted by atomic mass is 10.1. The fourth-order valence-electron chi connectivity index (χ4n) is 3.90. The maximum absolute atomic E-state index is 13.2. The van der Waals surface area contributed by atoms with Gasteiger partial charge in [0.1, 0.15) is 28.5 Å². The summed E-state index contributed by atoms with van der Waals surface area (Å²) in [5.41, 5.74) is -2.04. The van der Waals surface area contributed by atoms with E-state index in [1.54, 1.807) is 18.2 Å². The van der Waals surface area contributed by atoms with Gasteiger partial charge in [-0.1, -0.05) is 13.5 Å². The van der Waals surface area contributed by atoms with Crippen LogP contribution in [0.25, 0.3) is 10.1 Å². The maximum Gasteiger partial charge on any atom is 0.417 e. The molecule has 0 radical (unpaired) electrons. The van der Waals surface area contributed by atoms with E-state index in [-0.39, 0.29) is 11.6 Å². The van der Waals surface area contributed by atoms with Crippen molar-refractivity contribution in [3.05, 3.63) is 84.2 Å². The number of sulfonamides is 1. The average Bonchev–Trinajstić information content (AvgIpc) is 3.38. The van der Waals surface area contributed by atoms with Crippen LogP contribution in [-0.4, -0.2) is 26.2 Å². The molecule has 1 unspecified atom stereocenters. The molecule has 4 aromatic rings. The molecule has 2 N–H and O–H groups in total. The fraction of sp³-hybridized carbons (Fsp3) is 0.286. The third kappa shape index (κ3) is 9.51. The molecule has 0 saturated carbocycles. The number of hydrogen-bond donors (Lipinski definition) is 2. The summed E-state index contributed by atoms with van der Waals surface area (Å²) in [6.07, 6.45) is 0.860. The van der Waals surface area contributed by atoms with Crippen molar-refractivity contribution >= 4 is 39.0 Å². The highest BCUT2D eigenvalue weighted by Crippen LogP contribution is 2.44. The highest BCUT2D eigenvalue weighted by Gasteiger charge is 2.35. The molecule has 2 aromatic carbocycles. The van der Waals surface area contributed by atoms with E-state index in [1.165, 1.54) is 12.1 Å². The number of aryl methyl sites for hydroxylation is 1. The molecule has 0 bridgehead atoms. The third-order valence-electron chi connectivity index (χ3n) is 5.96. The molecular formula is C28H30F3N3O6PS2+. The van der Waals surface area contributed by atoms with Crippen LogP contribution in [0, 0.1) is 11.3 Å². The minimum Gasteiger partial charge on any atom is -0.494 e. The lowest BCUT2D eigenvalue weighted by Crippen LogP contribution is -2.32. The van der Waals surface area contributed by atoms with Crippen molar-refractivity contribution in [1.82, 2.24) is 4.72 Å². The Morgan fingerprint density at radius 3 is 2.44 bits per heavy atom. The summed E-state index contributed by atoms with van der Waals surface area (Å²) < 4.78 is 92.8. The monoisotopic (exact) mass is 656 g/mol. The summed E-state index contributed by atoms with van der Waals surface area (Å²) in [4.78, 5) is 10.1. The number of pyridine rings is 1. The van der Waals surface area contributed by atoms with E-state index in [0.29, 0.717) is 28.5 Å². The Morgan fingerprint density at radius 2 is 1.74 bits per heavy atom. The van der Waals surface area contributed by atoms with Gasteiger partial charge in [0.2, 0.25) is 0 Å². The maximum atomic E-state index is 13.2. The first-order valence-electron chi connectivity index (χ1n) is 12.6. The van der Waals surface area contributed by atoms with E-state index in [4.69, 9.17) is 14.5 Å². The Balaban J connectivity index is 0.00000506. The number of unbranched alkanes of at least 4 members (excludes halogenated alkanes) is 2. The van der Waals surface area contributed by atoms with Gasteiger partial charge in [-0.2, -0.15) is 23.2 Å². The molecule has 15 heteroatoms. The molecular weight excluding hydrogens is 626 g/mol. The quantitative estimate of drug-likeness (QED) is 0.0960. The Labute approximate surface area is 251 Å². The van der Waals surface area contributed by atoms with Gasteiger partial charge in [-0.05, 0) is 60.7 Å². The summed E-state index contributed by atoms with van der Waals surface area (Å²) in [5, 5.41) is 9.50. The second-order valence-corrected chi connectivity index (χ2v) is 14.0. The predicted molar refractivity (Wildman–Crippen MR) is 156 cm³/mol. The van der Waals surface area contributed by atoms with Gasteiger partial charge >= 0.3 is 13.8 Å². The Morgan fingerprint density at radius 1 is 1.02 bits per heavy atom. The number of alkyl halides is 3. The zero-order chi connectivity index (χ0) is 30.4. The van der Waals surface area contributed by atoms with Gasteiger partial charge in [0.25, 0.3) is 10.0 Å². The SMILES string of the molecule is C.N#Cc1ccc(OP(=O)(O)CNS(=O)(=O)c2cc3ccc(OCCCCC[n+]4ccccc4)cc3s2)cc1C(F)(F)F. The molecule has 43 heavy (non-hydrogen) atoms. The van der Waals surface area contributed by atoms with Crippen molar-refractivity contribution in [2.24, 2.45) is 0 Å². The number of rotatable bonds is 13. The zero-order valence-corrected chi connectivity index (χ0v) is 24.5. The lowest BCUT2D eigenvalue weighted by molar-refractivity contribution is -0.697. The van der Waals surface area contributed by atoms with Crippen molar-refractivity contribution in [2.45, 2.75) is 43.6 Å². The van der Waals surface area contributed by atoms with Gasteiger partial charge in [-0.3, -0.25) is 0 Å². The number of aromatic nitrogens is 1. The van der Waals surface area contributed by atoms with Crippen LogP contribution < -0.4 is 18.5 Å². The smallest absolute Gasteiger partial charge is 0.417 e. The van der Waals surface area contributed by atoms with Crippen LogP contribution >= 0.6 is 18.9 Å². The molecule has 9 nitrogen and oxygen atoms in total. The van der Waals surface area contributed by atoms with Crippen LogP contribution in [0.2, 0.25) is 0 Å². The number of fused-ring (bicyclic) bond motifs is 1. The molecule has 0 aliphatic carbocycles. The van der Waals surface area contributed by atoms with Crippen LogP contribution in [0.15, 0.2) is 77.3 Å². The standard InChI is InChI=1S/C27H25F3N3O6PS2.CH4/c28-27(29,30)24-16-23(10-8-21(24)18-31)39-40(34,35)19-32-42(36,37)26-15-20-7-9-22(17-25(20)41-26)38-14-6-2-5-13-33-11-3-1-4-12-33;/h1,3-4,7-12,15-17,32H,2,5-6,13-14,19H2;1H4/p+1. The normalized spacial score (nSPS) is 13.1. The van der Waals surface area contributed by atoms with Gasteiger partial charge < -0.3 is 14.2 Å². The van der Waals surface area contributed by atoms with Crippen molar-refractivity contribution in [3.8, 4) is 17.6 Å². The van der Waals surface area contributed by atoms with Crippen molar-refractivity contribution in [2.75, 3.05) is 12.9 Å². The first-order chi connectivity index (χ1) is 19.9. The van der Waals surface area contributed by atoms with Crippen molar-refractivity contribution < 1.29 is 44.9 Å². The summed E-state index contributed by atoms with van der Waals surface area (Å²) >= 11 is 0.926. The lowest BCUT2D eigenvalue weighted by Gasteiger charge is -2.16. The number of benzene rings is 2. The van der Waals surface area contributed by atoms with E-state index >= 15 is 0 Å². The number of ether oxygens (including phenoxy) is 1. The molecule has 1 atom stereocenters. The van der Waals surface area contributed by atoms with E-state index < -0.39 is 47.0 Å². The first-order valence-corrected chi connectivity index (χ1v) is 16.7. The molecule has 0 aliphatic rings. The number of nitrogens with zero attached hydrogens (tertiary/aromatic N) is 2. The number of nitriles is 1. The van der Waals surface area contributed by atoms with Crippen LogP contribution in [0.3, 0.4) is 0 Å². The molecule has 4 rings (SSSR count). The molecule has 0 amide bonds. The molecule has 0 spiro atoms. The molecule has 230 valence electrons. The van der Waals surface area contributed by atoms with Gasteiger partial charge in [0.05, 0.1) is 23.8 Å². The van der Waals surface area contributed by atoms with E-state index in [1.807, 2.05) is 35.3 Å². The van der Waals surface area contributed by atoms with Crippen LogP contribution in [0.5, 0.6) is 11.5 Å². The minimum absolute atomic E-state index is 0. The van der Waals surface area contributed by atoms with Crippen LogP contribution in [-0.2, 0) is 27.3 Å². The highest BCUT2D eigenvalue weighted by molar-refractivity contribution is 7.92. The molecule has 0 aliphatic heterocycles. The molecule has 0 fully saturated rings. The average molecular weight is 657 g/mol. The van der Waals surface area contributed by atoms with Crippen molar-refractivity contribution in [3.63, 3.8) is 0 Å². The van der Waals surface area contributed by atoms with E-state index in [0.717, 1.165) is 49.3 Å². The summed E-state index contributed by atoms with van der Waals surface area (Å²) in [6.45, 7) is 1.41. The second-order valence-electron chi connectivity index (χ2n) is 9.14. The number of thiophene rings is 1. The summed E-state index contributed by atoms with van der Waals surface area (Å²) in [5.74, 6) is -0.0663. The van der Waals surface area contributed by atoms with Gasteiger partial charge in [-0.25, -0.2) is 17.5 Å². The van der Waals surface area contributed by atoms with Gasteiger partial charge in [-0.15, -0.1) is 11.3 Å². The minimum atomic E-state index is -4.90. The van der Waals surface area contributed by atoms with E-state index in [2.05, 4.69) is 4.57 Å². The number of halogens is 3. The Kier molecular flexibility index (Phi) is 11.3. The van der Waals surface area contributed by atoms with E-state index in [9.17, 15) is 31.0 Å². The fourth-order valence-corrected chi connectivity index (χ4v) is 7.87. The molecule has 0 saturated heterocycles. The topological polar surface area (TPSA) is 130 Å². The largest absolute Gasteiger partial charge is 0.494 e. The molecule has 2 aromatic heterocycles. The summed E-state index contributed by atoms with van der Waals surface area (Å²) in [6, 6.07) is 16.0. The van der Waals surface area contributed by atoms with Crippen LogP contribution in [0.4, 0.5) is 13.2 Å². The second kappa shape index (κ2) is 14.3. The molecule has 2 heterocycles. The number of nitrogens with one attached hydrogen (secondary N) is 1. The highest BCUT2D eigenvalue weighted by atomic mass is 32.2. The number of hydrogen-bond acceptors (Lipinski definition) is 7. The Bertz CT molecular complexity index is 1740. The summed E-state index contributed by atoms with van der Waals surface area (Å²) in [7, 11) is -9.03. The van der Waals surface area contributed by atoms with Gasteiger partial charge in [0, 0.05) is 23.3 Å². The predicted octanol–water partition coefficient (Wildman–Crippen LogP) is 6.46. The first kappa shape index (κ1) is 34.0. The third-order valence-corrected chi connectivity index (χ3v) is 10.2. The zero-order valence-electron chi connectivity index (χ0n) is 22.0.